The average Bonchev–Trinajstić information content (AvgIpc) is 2.98. The van der Waals surface area contributed by atoms with Crippen LogP contribution in [0.25, 0.3) is 0 Å². The normalized spacial score (nSPS) is 12.4. The topological polar surface area (TPSA) is 91.0 Å². The largest absolute Gasteiger partial charge is 0.362 e. The van der Waals surface area contributed by atoms with Gasteiger partial charge < -0.3 is 5.32 Å². The monoisotopic (exact) mass is 610 g/mol. The molecule has 0 aromatic carbocycles. The molecular formula is C14H28N8S2U. The molecule has 0 atom stereocenters. The molecule has 1 rings (SSSR count). The van der Waals surface area contributed by atoms with Crippen molar-refractivity contribution < 1.29 is 34.0 Å². The Bertz CT molecular complexity index is 649. The fourth-order valence-corrected chi connectivity index (χ4v) is 2.30. The Kier molecular flexibility index (Phi) is 12.9. The smallest absolute Gasteiger partial charge is 0.186 e. The molecule has 3 N–H and O–H groups in total. The summed E-state index contributed by atoms with van der Waals surface area (Å²) in [5, 5.41) is 17.1. The Balaban J connectivity index is -0.00000192. The van der Waals surface area contributed by atoms with Gasteiger partial charge in [0.15, 0.2) is 10.3 Å². The third-order valence-corrected chi connectivity index (χ3v) is 3.67. The van der Waals surface area contributed by atoms with Gasteiger partial charge >= 0.3 is 0 Å². The number of aromatic nitrogens is 2. The molecule has 0 spiro atoms. The number of rotatable bonds is 6. The van der Waals surface area contributed by atoms with Crippen molar-refractivity contribution in [1.29, 1.82) is 0 Å². The van der Waals surface area contributed by atoms with Gasteiger partial charge in [0.05, 0.1) is 11.4 Å². The average molecular weight is 611 g/mol. The first-order valence-corrected chi connectivity index (χ1v) is 9.15. The molecule has 1 aromatic rings. The molecule has 0 aliphatic rings. The molecule has 0 amide bonds. The fourth-order valence-electron chi connectivity index (χ4n) is 1.71. The van der Waals surface area contributed by atoms with Gasteiger partial charge in [0, 0.05) is 60.3 Å². The van der Waals surface area contributed by atoms with Crippen LogP contribution in [0.2, 0.25) is 0 Å². The Hall–Kier alpha value is -0.888. The molecule has 0 aliphatic heterocycles. The second-order valence-electron chi connectivity index (χ2n) is 4.56. The van der Waals surface area contributed by atoms with Crippen molar-refractivity contribution in [1.82, 2.24) is 25.9 Å². The number of amidine groups is 1. The third-order valence-electron chi connectivity index (χ3n) is 2.83. The van der Waals surface area contributed by atoms with E-state index in [1.807, 2.05) is 40.1 Å². The molecule has 0 saturated heterocycles. The molecule has 0 bridgehead atoms. The van der Waals surface area contributed by atoms with E-state index in [1.165, 1.54) is 11.8 Å². The number of thioether (sulfide) groups is 1. The summed E-state index contributed by atoms with van der Waals surface area (Å²) in [5.74, 6) is 0. The minimum atomic E-state index is 0. The van der Waals surface area contributed by atoms with E-state index in [0.717, 1.165) is 17.4 Å². The van der Waals surface area contributed by atoms with Gasteiger partial charge in [-0.1, -0.05) is 11.8 Å². The second kappa shape index (κ2) is 13.3. The summed E-state index contributed by atoms with van der Waals surface area (Å²) >= 11 is 6.62. The number of nitrogens with one attached hydrogen (secondary N) is 3. The molecule has 0 fully saturated rings. The van der Waals surface area contributed by atoms with E-state index in [9.17, 15) is 0 Å². The Morgan fingerprint density at radius 3 is 2.60 bits per heavy atom. The minimum Gasteiger partial charge on any atom is -0.362 e. The molecule has 1 heterocycles. The number of aliphatic imine (C=N–C) groups is 1. The number of nitrogens with zero attached hydrogens (tertiary/aromatic N) is 5. The van der Waals surface area contributed by atoms with Gasteiger partial charge in [-0.05, 0) is 45.3 Å². The van der Waals surface area contributed by atoms with Gasteiger partial charge in [-0.15, -0.1) is 0 Å². The van der Waals surface area contributed by atoms with Crippen molar-refractivity contribution in [2.75, 3.05) is 19.3 Å². The van der Waals surface area contributed by atoms with Crippen LogP contribution >= 0.6 is 24.0 Å². The number of hydrogen-bond acceptors (Lipinski definition) is 6. The van der Waals surface area contributed by atoms with E-state index < -0.39 is 0 Å². The summed E-state index contributed by atoms with van der Waals surface area (Å²) in [6.07, 6.45) is 3.66. The molecule has 8 nitrogen and oxygen atoms in total. The van der Waals surface area contributed by atoms with Crippen LogP contribution in [0.15, 0.2) is 27.5 Å². The maximum atomic E-state index is 5.12. The van der Waals surface area contributed by atoms with Gasteiger partial charge in [-0.3, -0.25) is 20.5 Å². The number of hydrogen-bond donors (Lipinski definition) is 3. The maximum absolute atomic E-state index is 5.12. The van der Waals surface area contributed by atoms with Crippen LogP contribution < -0.4 is 16.2 Å². The molecule has 0 aliphatic carbocycles. The molecule has 11 heteroatoms. The molecule has 1 aromatic heterocycles. The molecule has 0 saturated carbocycles. The maximum Gasteiger partial charge on any atom is 0.186 e. The van der Waals surface area contributed by atoms with E-state index in [-0.39, 0.29) is 34.0 Å². The van der Waals surface area contributed by atoms with Crippen molar-refractivity contribution in [3.8, 4) is 0 Å². The molecule has 0 unspecified atom stereocenters. The third kappa shape index (κ3) is 8.36. The zero-order chi connectivity index (χ0) is 17.9. The first-order valence-electron chi connectivity index (χ1n) is 7.52. The Morgan fingerprint density at radius 1 is 1.36 bits per heavy atom. The van der Waals surface area contributed by atoms with E-state index in [4.69, 9.17) is 12.2 Å². The zero-order valence-corrected chi connectivity index (χ0v) is 20.9. The Labute approximate surface area is 185 Å². The van der Waals surface area contributed by atoms with Gasteiger partial charge in [-0.2, -0.15) is 15.3 Å². The van der Waals surface area contributed by atoms with Crippen LogP contribution in [0.5, 0.6) is 0 Å². The number of thiocarbonyl (C=S) groups is 1. The molecule has 140 valence electrons. The zero-order valence-electron chi connectivity index (χ0n) is 15.1. The predicted molar refractivity (Wildman–Crippen MR) is 111 cm³/mol. The van der Waals surface area contributed by atoms with Gasteiger partial charge in [-0.25, -0.2) is 0 Å². The van der Waals surface area contributed by atoms with Crippen LogP contribution in [0.3, 0.4) is 0 Å². The Morgan fingerprint density at radius 2 is 2.08 bits per heavy atom. The number of hydrazone groups is 2. The summed E-state index contributed by atoms with van der Waals surface area (Å²) in [6, 6.07) is 1.87. The fraction of sp³-hybridized carbons (Fsp3) is 0.500. The molecular weight excluding hydrogens is 582 g/mol. The van der Waals surface area contributed by atoms with Gasteiger partial charge in [0.25, 0.3) is 0 Å². The van der Waals surface area contributed by atoms with Crippen LogP contribution in [-0.2, 0) is 7.05 Å². The molecule has 0 radical (unpaired) electrons. The summed E-state index contributed by atoms with van der Waals surface area (Å²) < 4.78 is 1.73. The van der Waals surface area contributed by atoms with Crippen molar-refractivity contribution in [3.05, 3.63) is 18.0 Å². The summed E-state index contributed by atoms with van der Waals surface area (Å²) in [4.78, 5) is 4.33. The first-order chi connectivity index (χ1) is 11.5. The predicted octanol–water partition coefficient (Wildman–Crippen LogP) is 1.80. The van der Waals surface area contributed by atoms with Crippen LogP contribution in [0, 0.1) is 31.1 Å². The van der Waals surface area contributed by atoms with Crippen molar-refractivity contribution in [3.63, 3.8) is 0 Å². The van der Waals surface area contributed by atoms with Crippen LogP contribution in [-0.4, -0.2) is 50.8 Å². The van der Waals surface area contributed by atoms with Crippen molar-refractivity contribution >= 4 is 45.7 Å². The first kappa shape index (κ1) is 24.1. The van der Waals surface area contributed by atoms with E-state index in [1.54, 1.807) is 10.9 Å². The van der Waals surface area contributed by atoms with Crippen molar-refractivity contribution in [2.24, 2.45) is 22.2 Å². The molecule has 25 heavy (non-hydrogen) atoms. The second-order valence-corrected chi connectivity index (χ2v) is 5.77. The van der Waals surface area contributed by atoms with Gasteiger partial charge in [0.2, 0.25) is 0 Å². The summed E-state index contributed by atoms with van der Waals surface area (Å²) in [6.45, 7) is 7.21. The van der Waals surface area contributed by atoms with Crippen molar-refractivity contribution in [2.45, 2.75) is 20.8 Å². The number of aryl methyl sites for hydroxylation is 1. The van der Waals surface area contributed by atoms with Crippen LogP contribution in [0.1, 0.15) is 29.3 Å². The summed E-state index contributed by atoms with van der Waals surface area (Å²) in [7, 11) is 1.85. The summed E-state index contributed by atoms with van der Waals surface area (Å²) in [5.41, 5.74) is 7.94. The van der Waals surface area contributed by atoms with E-state index >= 15 is 0 Å². The van der Waals surface area contributed by atoms with Crippen LogP contribution in [0.4, 0.5) is 0 Å². The SMILES string of the molecule is CCN=C(N/N=C(/C(C)=N/NC(=S)NCC)c1ccnn1C)SC.[HH].[HH].[U]. The minimum absolute atomic E-state index is 0. The standard InChI is InChI=1S/C14H24N8S2.U.2H2/c1-6-15-13(23)20-18-10(3)12(11-8-9-17-22(11)4)19-21-14(24-5)16-7-2;;;/h8-9H,6-7H2,1-5H3,(H,16,21)(H2,15,20,23);;2*1H/b18-10+,19-12-;;;. The van der Waals surface area contributed by atoms with Gasteiger partial charge in [0.1, 0.15) is 5.71 Å². The quantitative estimate of drug-likeness (QED) is 0.197. The van der Waals surface area contributed by atoms with E-state index in [2.05, 4.69) is 36.5 Å². The van der Waals surface area contributed by atoms with E-state index in [0.29, 0.717) is 23.1 Å².